The minimum atomic E-state index is -0.608. The second-order valence-corrected chi connectivity index (χ2v) is 5.03. The van der Waals surface area contributed by atoms with Crippen molar-refractivity contribution in [2.24, 2.45) is 11.5 Å². The molecule has 0 bridgehead atoms. The number of carbonyl (C=O) groups excluding carboxylic acids is 3. The third-order valence-corrected chi connectivity index (χ3v) is 3.32. The summed E-state index contributed by atoms with van der Waals surface area (Å²) >= 11 is 0. The van der Waals surface area contributed by atoms with Crippen molar-refractivity contribution in [1.82, 2.24) is 9.47 Å². The Kier molecular flexibility index (Phi) is 5.66. The largest absolute Gasteiger partial charge is 0.369 e. The highest BCUT2D eigenvalue weighted by molar-refractivity contribution is 5.99. The zero-order chi connectivity index (χ0) is 16.2. The smallest absolute Gasteiger partial charge is 0.231 e. The van der Waals surface area contributed by atoms with E-state index in [1.165, 1.54) is 4.90 Å². The molecule has 1 heterocycles. The van der Waals surface area contributed by atoms with Crippen LogP contribution < -0.4 is 11.5 Å². The molecule has 0 aromatic carbocycles. The van der Waals surface area contributed by atoms with Gasteiger partial charge < -0.3 is 16.0 Å². The zero-order valence-corrected chi connectivity index (χ0v) is 12.7. The number of nitrogens with two attached hydrogens (primary N) is 2. The number of amides is 2. The van der Waals surface area contributed by atoms with Crippen molar-refractivity contribution in [3.05, 3.63) is 23.0 Å². The van der Waals surface area contributed by atoms with Crippen LogP contribution in [0.1, 0.15) is 28.7 Å². The number of primary amides is 2. The first kappa shape index (κ1) is 16.9. The van der Waals surface area contributed by atoms with Crippen LogP contribution >= 0.6 is 0 Å². The Morgan fingerprint density at radius 3 is 2.00 bits per heavy atom. The van der Waals surface area contributed by atoms with E-state index in [4.69, 9.17) is 11.5 Å². The van der Waals surface area contributed by atoms with Gasteiger partial charge in [-0.25, -0.2) is 0 Å². The van der Waals surface area contributed by atoms with Crippen molar-refractivity contribution in [2.45, 2.75) is 27.3 Å². The van der Waals surface area contributed by atoms with Crippen molar-refractivity contribution < 1.29 is 14.4 Å². The van der Waals surface area contributed by atoms with Crippen LogP contribution in [0.3, 0.4) is 0 Å². The van der Waals surface area contributed by atoms with Gasteiger partial charge in [0.2, 0.25) is 11.8 Å². The van der Waals surface area contributed by atoms with E-state index < -0.39 is 11.8 Å². The summed E-state index contributed by atoms with van der Waals surface area (Å²) in [6, 6.07) is 1.81. The van der Waals surface area contributed by atoms with Gasteiger partial charge in [0.1, 0.15) is 0 Å². The summed E-state index contributed by atoms with van der Waals surface area (Å²) in [7, 11) is 0. The van der Waals surface area contributed by atoms with Crippen LogP contribution in [-0.4, -0.2) is 46.7 Å². The third kappa shape index (κ3) is 4.42. The number of aromatic nitrogens is 1. The van der Waals surface area contributed by atoms with E-state index in [9.17, 15) is 14.4 Å². The number of aryl methyl sites for hydroxylation is 1. The van der Waals surface area contributed by atoms with Crippen LogP contribution in [-0.2, 0) is 16.1 Å². The molecule has 0 atom stereocenters. The van der Waals surface area contributed by atoms with Gasteiger partial charge >= 0.3 is 0 Å². The average Bonchev–Trinajstić information content (AvgIpc) is 2.62. The molecule has 0 unspecified atom stereocenters. The van der Waals surface area contributed by atoms with Gasteiger partial charge in [-0.1, -0.05) is 0 Å². The lowest BCUT2D eigenvalue weighted by molar-refractivity contribution is -0.121. The van der Waals surface area contributed by atoms with Gasteiger partial charge in [-0.3, -0.25) is 19.3 Å². The SMILES string of the molecule is CCn1c(C)cc(C(=O)CN(CC(N)=O)CC(N)=O)c1C. The summed E-state index contributed by atoms with van der Waals surface area (Å²) in [5.41, 5.74) is 12.7. The first-order valence-electron chi connectivity index (χ1n) is 6.75. The molecule has 2 amide bonds. The van der Waals surface area contributed by atoms with Crippen molar-refractivity contribution in [2.75, 3.05) is 19.6 Å². The maximum atomic E-state index is 12.4. The van der Waals surface area contributed by atoms with Gasteiger partial charge in [-0.05, 0) is 26.8 Å². The minimum Gasteiger partial charge on any atom is -0.369 e. The molecule has 0 spiro atoms. The molecule has 0 aliphatic heterocycles. The summed E-state index contributed by atoms with van der Waals surface area (Å²) < 4.78 is 2.03. The molecule has 0 saturated heterocycles. The second kappa shape index (κ2) is 7.03. The molecule has 0 saturated carbocycles. The van der Waals surface area contributed by atoms with Crippen LogP contribution in [0.15, 0.2) is 6.07 Å². The summed E-state index contributed by atoms with van der Waals surface area (Å²) in [6.07, 6.45) is 0. The van der Waals surface area contributed by atoms with E-state index in [0.717, 1.165) is 17.9 Å². The molecule has 4 N–H and O–H groups in total. The van der Waals surface area contributed by atoms with Crippen LogP contribution in [0.2, 0.25) is 0 Å². The van der Waals surface area contributed by atoms with Crippen LogP contribution in [0.5, 0.6) is 0 Å². The van der Waals surface area contributed by atoms with Crippen molar-refractivity contribution in [3.8, 4) is 0 Å². The monoisotopic (exact) mass is 294 g/mol. The van der Waals surface area contributed by atoms with E-state index in [2.05, 4.69) is 0 Å². The molecule has 0 aliphatic rings. The predicted molar refractivity (Wildman–Crippen MR) is 78.7 cm³/mol. The number of ketones is 1. The first-order valence-corrected chi connectivity index (χ1v) is 6.75. The number of nitrogens with zero attached hydrogens (tertiary/aromatic N) is 2. The van der Waals surface area contributed by atoms with Crippen LogP contribution in [0.4, 0.5) is 0 Å². The Morgan fingerprint density at radius 2 is 1.62 bits per heavy atom. The summed E-state index contributed by atoms with van der Waals surface area (Å²) in [5.74, 6) is -1.38. The molecule has 0 radical (unpaired) electrons. The highest BCUT2D eigenvalue weighted by Gasteiger charge is 2.20. The number of hydrogen-bond acceptors (Lipinski definition) is 4. The van der Waals surface area contributed by atoms with Crippen LogP contribution in [0, 0.1) is 13.8 Å². The Morgan fingerprint density at radius 1 is 1.10 bits per heavy atom. The highest BCUT2D eigenvalue weighted by Crippen LogP contribution is 2.16. The van der Waals surface area contributed by atoms with Gasteiger partial charge in [0, 0.05) is 23.5 Å². The quantitative estimate of drug-likeness (QED) is 0.634. The Bertz CT molecular complexity index is 547. The Balaban J connectivity index is 2.91. The van der Waals surface area contributed by atoms with Gasteiger partial charge in [0.15, 0.2) is 5.78 Å². The maximum absolute atomic E-state index is 12.4. The Labute approximate surface area is 123 Å². The highest BCUT2D eigenvalue weighted by atomic mass is 16.2. The summed E-state index contributed by atoms with van der Waals surface area (Å²) in [6.45, 7) is 6.15. The third-order valence-electron chi connectivity index (χ3n) is 3.32. The fourth-order valence-electron chi connectivity index (χ4n) is 2.47. The maximum Gasteiger partial charge on any atom is 0.231 e. The summed E-state index contributed by atoms with van der Waals surface area (Å²) in [4.78, 5) is 35.7. The molecule has 7 nitrogen and oxygen atoms in total. The fourth-order valence-corrected chi connectivity index (χ4v) is 2.47. The van der Waals surface area contributed by atoms with E-state index in [-0.39, 0.29) is 25.4 Å². The van der Waals surface area contributed by atoms with E-state index in [0.29, 0.717) is 5.56 Å². The molecule has 1 rings (SSSR count). The zero-order valence-electron chi connectivity index (χ0n) is 12.7. The predicted octanol–water partition coefficient (Wildman–Crippen LogP) is -0.420. The van der Waals surface area contributed by atoms with Gasteiger partial charge in [-0.2, -0.15) is 0 Å². The number of hydrogen-bond donors (Lipinski definition) is 2. The molecule has 21 heavy (non-hydrogen) atoms. The fraction of sp³-hybridized carbons (Fsp3) is 0.500. The number of rotatable bonds is 8. The molecular weight excluding hydrogens is 272 g/mol. The standard InChI is InChI=1S/C14H22N4O3/c1-4-18-9(2)5-11(10(18)3)12(19)6-17(7-13(15)20)8-14(16)21/h5H,4,6-8H2,1-3H3,(H2,15,20)(H2,16,21). The van der Waals surface area contributed by atoms with E-state index in [1.54, 1.807) is 0 Å². The minimum absolute atomic E-state index is 0.0696. The molecule has 7 heteroatoms. The van der Waals surface area contributed by atoms with Gasteiger partial charge in [-0.15, -0.1) is 0 Å². The lowest BCUT2D eigenvalue weighted by Crippen LogP contribution is -2.42. The molecule has 0 fully saturated rings. The molecule has 116 valence electrons. The van der Waals surface area contributed by atoms with E-state index >= 15 is 0 Å². The molecule has 1 aromatic heterocycles. The molecular formula is C14H22N4O3. The number of Topliss-reactive ketones (excluding diaryl/α,β-unsaturated/α-hetero) is 1. The number of carbonyl (C=O) groups is 3. The summed E-state index contributed by atoms with van der Waals surface area (Å²) in [5, 5.41) is 0. The normalized spacial score (nSPS) is 10.9. The topological polar surface area (TPSA) is 111 Å². The molecule has 0 aliphatic carbocycles. The first-order chi connectivity index (χ1) is 9.76. The average molecular weight is 294 g/mol. The van der Waals surface area contributed by atoms with Crippen molar-refractivity contribution >= 4 is 17.6 Å². The van der Waals surface area contributed by atoms with E-state index in [1.807, 2.05) is 31.4 Å². The second-order valence-electron chi connectivity index (χ2n) is 5.03. The van der Waals surface area contributed by atoms with Crippen molar-refractivity contribution in [3.63, 3.8) is 0 Å². The Hall–Kier alpha value is -2.15. The molecule has 1 aromatic rings. The lowest BCUT2D eigenvalue weighted by Gasteiger charge is -2.17. The lowest BCUT2D eigenvalue weighted by atomic mass is 10.1. The van der Waals surface area contributed by atoms with Crippen molar-refractivity contribution in [1.29, 1.82) is 0 Å². The van der Waals surface area contributed by atoms with Gasteiger partial charge in [0.25, 0.3) is 0 Å². The van der Waals surface area contributed by atoms with Crippen LogP contribution in [0.25, 0.3) is 0 Å². The van der Waals surface area contributed by atoms with Gasteiger partial charge in [0.05, 0.1) is 19.6 Å².